The van der Waals surface area contributed by atoms with Gasteiger partial charge in [-0.2, -0.15) is 0 Å². The second-order valence-electron chi connectivity index (χ2n) is 6.11. The molecule has 5 heteroatoms. The van der Waals surface area contributed by atoms with Gasteiger partial charge in [-0.05, 0) is 37.4 Å². The summed E-state index contributed by atoms with van der Waals surface area (Å²) in [5, 5.41) is 12.1. The van der Waals surface area contributed by atoms with Gasteiger partial charge in [0.05, 0.1) is 0 Å². The third kappa shape index (κ3) is 2.78. The number of carbonyl (C=O) groups is 2. The number of nitrogens with one attached hydrogen (secondary N) is 1. The van der Waals surface area contributed by atoms with E-state index in [4.69, 9.17) is 5.11 Å². The summed E-state index contributed by atoms with van der Waals surface area (Å²) in [6.07, 6.45) is 2.05. The van der Waals surface area contributed by atoms with Gasteiger partial charge in [0.2, 0.25) is 5.91 Å². The van der Waals surface area contributed by atoms with E-state index in [2.05, 4.69) is 17.4 Å². The van der Waals surface area contributed by atoms with E-state index in [9.17, 15) is 9.59 Å². The molecule has 1 fully saturated rings. The quantitative estimate of drug-likeness (QED) is 0.858. The molecular formula is C16H20N2O3. The van der Waals surface area contributed by atoms with Crippen molar-refractivity contribution in [2.24, 2.45) is 5.92 Å². The molecule has 21 heavy (non-hydrogen) atoms. The molecule has 112 valence electrons. The van der Waals surface area contributed by atoms with Crippen molar-refractivity contribution < 1.29 is 14.7 Å². The van der Waals surface area contributed by atoms with Gasteiger partial charge in [0, 0.05) is 18.5 Å². The Morgan fingerprint density at radius 1 is 1.24 bits per heavy atom. The number of hydrogen-bond donors (Lipinski definition) is 2. The van der Waals surface area contributed by atoms with Crippen LogP contribution in [0.1, 0.15) is 17.5 Å². The lowest BCUT2D eigenvalue weighted by Crippen LogP contribution is -2.40. The Balaban J connectivity index is 1.58. The number of likely N-dealkylation sites (N-methyl/N-ethyl adjacent to an activating group) is 1. The van der Waals surface area contributed by atoms with E-state index in [-0.39, 0.29) is 17.9 Å². The Hall–Kier alpha value is -1.88. The van der Waals surface area contributed by atoms with Gasteiger partial charge in [0.25, 0.3) is 0 Å². The van der Waals surface area contributed by atoms with Crippen LogP contribution in [0.4, 0.5) is 0 Å². The molecule has 1 amide bonds. The molecule has 1 heterocycles. The first-order valence-electron chi connectivity index (χ1n) is 7.35. The summed E-state index contributed by atoms with van der Waals surface area (Å²) in [5.41, 5.74) is 2.51. The van der Waals surface area contributed by atoms with Crippen LogP contribution in [0, 0.1) is 5.92 Å². The molecular weight excluding hydrogens is 268 g/mol. The van der Waals surface area contributed by atoms with Crippen LogP contribution in [-0.4, -0.2) is 47.6 Å². The third-order valence-electron chi connectivity index (χ3n) is 4.60. The molecule has 0 aromatic heterocycles. The average molecular weight is 288 g/mol. The molecule has 2 aliphatic rings. The van der Waals surface area contributed by atoms with E-state index in [1.807, 2.05) is 12.1 Å². The molecule has 5 nitrogen and oxygen atoms in total. The Morgan fingerprint density at radius 2 is 1.86 bits per heavy atom. The van der Waals surface area contributed by atoms with Gasteiger partial charge < -0.3 is 10.4 Å². The van der Waals surface area contributed by atoms with E-state index >= 15 is 0 Å². The fourth-order valence-corrected chi connectivity index (χ4v) is 3.46. The highest BCUT2D eigenvalue weighted by molar-refractivity contribution is 5.81. The summed E-state index contributed by atoms with van der Waals surface area (Å²) in [5.74, 6) is -0.783. The lowest BCUT2D eigenvalue weighted by atomic mass is 10.0. The van der Waals surface area contributed by atoms with E-state index in [0.29, 0.717) is 13.0 Å². The van der Waals surface area contributed by atoms with Gasteiger partial charge >= 0.3 is 5.97 Å². The van der Waals surface area contributed by atoms with Crippen molar-refractivity contribution >= 4 is 11.9 Å². The zero-order valence-electron chi connectivity index (χ0n) is 12.1. The number of aliphatic carboxylic acids is 1. The maximum absolute atomic E-state index is 12.4. The number of fused-ring (bicyclic) bond motifs is 1. The fourth-order valence-electron chi connectivity index (χ4n) is 3.46. The molecule has 2 atom stereocenters. The molecule has 0 unspecified atom stereocenters. The monoisotopic (exact) mass is 288 g/mol. The van der Waals surface area contributed by atoms with Crippen molar-refractivity contribution in [2.45, 2.75) is 31.3 Å². The van der Waals surface area contributed by atoms with Crippen LogP contribution in [-0.2, 0) is 22.4 Å². The van der Waals surface area contributed by atoms with E-state index in [0.717, 1.165) is 12.8 Å². The maximum Gasteiger partial charge on any atom is 0.320 e. The van der Waals surface area contributed by atoms with Crippen LogP contribution < -0.4 is 5.32 Å². The Labute approximate surface area is 123 Å². The number of nitrogens with zero attached hydrogens (tertiary/aromatic N) is 1. The molecule has 1 aliphatic heterocycles. The minimum Gasteiger partial charge on any atom is -0.480 e. The van der Waals surface area contributed by atoms with Crippen molar-refractivity contribution in [1.29, 1.82) is 0 Å². The van der Waals surface area contributed by atoms with Crippen LogP contribution >= 0.6 is 0 Å². The molecule has 1 aliphatic carbocycles. The molecule has 0 saturated carbocycles. The molecule has 3 rings (SSSR count). The summed E-state index contributed by atoms with van der Waals surface area (Å²) < 4.78 is 0. The van der Waals surface area contributed by atoms with Crippen molar-refractivity contribution in [3.63, 3.8) is 0 Å². The van der Waals surface area contributed by atoms with Crippen molar-refractivity contribution in [3.8, 4) is 0 Å². The smallest absolute Gasteiger partial charge is 0.320 e. The normalized spacial score (nSPS) is 25.8. The zero-order valence-corrected chi connectivity index (χ0v) is 12.1. The Kier molecular flexibility index (Phi) is 3.68. The highest BCUT2D eigenvalue weighted by atomic mass is 16.4. The minimum absolute atomic E-state index is 0.0171. The predicted octanol–water partition coefficient (Wildman–Crippen LogP) is 0.675. The highest BCUT2D eigenvalue weighted by Crippen LogP contribution is 2.27. The molecule has 0 bridgehead atoms. The van der Waals surface area contributed by atoms with Crippen LogP contribution in [0.3, 0.4) is 0 Å². The summed E-state index contributed by atoms with van der Waals surface area (Å²) in [6, 6.07) is 7.60. The average Bonchev–Trinajstić information content (AvgIpc) is 3.02. The van der Waals surface area contributed by atoms with Crippen LogP contribution in [0.15, 0.2) is 24.3 Å². The second-order valence-corrected chi connectivity index (χ2v) is 6.11. The van der Waals surface area contributed by atoms with E-state index < -0.39 is 12.0 Å². The first-order valence-corrected chi connectivity index (χ1v) is 7.35. The maximum atomic E-state index is 12.4. The Morgan fingerprint density at radius 3 is 2.38 bits per heavy atom. The number of amides is 1. The van der Waals surface area contributed by atoms with Crippen LogP contribution in [0.2, 0.25) is 0 Å². The fraction of sp³-hybridized carbons (Fsp3) is 0.500. The number of carboxylic acid groups (broad SMARTS) is 1. The first kappa shape index (κ1) is 14.1. The second kappa shape index (κ2) is 5.48. The summed E-state index contributed by atoms with van der Waals surface area (Å²) in [6.45, 7) is 0.600. The molecule has 1 aromatic carbocycles. The highest BCUT2D eigenvalue weighted by Gasteiger charge is 2.36. The summed E-state index contributed by atoms with van der Waals surface area (Å²) in [4.78, 5) is 25.3. The molecule has 2 N–H and O–H groups in total. The largest absolute Gasteiger partial charge is 0.480 e. The molecule has 1 aromatic rings. The van der Waals surface area contributed by atoms with E-state index in [1.54, 1.807) is 11.9 Å². The number of rotatable bonds is 3. The number of likely N-dealkylation sites (tertiary alicyclic amines) is 1. The molecule has 0 spiro atoms. The number of carbonyl (C=O) groups excluding carboxylic acids is 1. The van der Waals surface area contributed by atoms with Crippen molar-refractivity contribution in [2.75, 3.05) is 13.6 Å². The van der Waals surface area contributed by atoms with Crippen LogP contribution in [0.25, 0.3) is 0 Å². The van der Waals surface area contributed by atoms with Crippen molar-refractivity contribution in [1.82, 2.24) is 10.2 Å². The summed E-state index contributed by atoms with van der Waals surface area (Å²) in [7, 11) is 1.79. The van der Waals surface area contributed by atoms with Gasteiger partial charge in [-0.15, -0.1) is 0 Å². The standard InChI is InChI=1S/C16H20N2O3/c1-18-9-13(8-14(18)16(20)21)17-15(19)12-6-10-4-2-3-5-11(10)7-12/h2-5,12-14H,6-9H2,1H3,(H,17,19)(H,20,21)/t13-,14+/m1/s1. The lowest BCUT2D eigenvalue weighted by molar-refractivity contribution is -0.141. The van der Waals surface area contributed by atoms with Gasteiger partial charge in [-0.1, -0.05) is 24.3 Å². The predicted molar refractivity (Wildman–Crippen MR) is 77.9 cm³/mol. The zero-order chi connectivity index (χ0) is 15.0. The molecule has 0 radical (unpaired) electrons. The van der Waals surface area contributed by atoms with Gasteiger partial charge in [0.15, 0.2) is 0 Å². The number of hydrogen-bond acceptors (Lipinski definition) is 3. The minimum atomic E-state index is -0.817. The summed E-state index contributed by atoms with van der Waals surface area (Å²) >= 11 is 0. The van der Waals surface area contributed by atoms with Gasteiger partial charge in [0.1, 0.15) is 6.04 Å². The van der Waals surface area contributed by atoms with Gasteiger partial charge in [-0.25, -0.2) is 0 Å². The number of carboxylic acids is 1. The Bertz CT molecular complexity index is 547. The van der Waals surface area contributed by atoms with E-state index in [1.165, 1.54) is 11.1 Å². The SMILES string of the molecule is CN1C[C@H](NC(=O)C2Cc3ccccc3C2)C[C@H]1C(=O)O. The molecule has 1 saturated heterocycles. The third-order valence-corrected chi connectivity index (χ3v) is 4.60. The van der Waals surface area contributed by atoms with Crippen LogP contribution in [0.5, 0.6) is 0 Å². The van der Waals surface area contributed by atoms with Gasteiger partial charge in [-0.3, -0.25) is 14.5 Å². The van der Waals surface area contributed by atoms with Crippen molar-refractivity contribution in [3.05, 3.63) is 35.4 Å². The first-order chi connectivity index (χ1) is 10.0. The topological polar surface area (TPSA) is 69.6 Å². The lowest BCUT2D eigenvalue weighted by Gasteiger charge is -2.16. The number of benzene rings is 1.